The highest BCUT2D eigenvalue weighted by Crippen LogP contribution is 2.28. The van der Waals surface area contributed by atoms with Gasteiger partial charge in [0.15, 0.2) is 5.82 Å². The second kappa shape index (κ2) is 6.95. The fraction of sp³-hybridized carbons (Fsp3) is 0.357. The molecule has 0 fully saturated rings. The minimum Gasteiger partial charge on any atom is -0.480 e. The van der Waals surface area contributed by atoms with Crippen molar-refractivity contribution in [1.82, 2.24) is 10.1 Å². The maximum atomic E-state index is 11.1. The van der Waals surface area contributed by atoms with E-state index in [0.717, 1.165) is 0 Å². The molecule has 0 bridgehead atoms. The molecule has 1 aromatic carbocycles. The van der Waals surface area contributed by atoms with Gasteiger partial charge < -0.3 is 9.63 Å². The maximum Gasteiger partial charge on any atom is 0.316 e. The number of thioether (sulfide) groups is 1. The first kappa shape index (κ1) is 15.9. The molecule has 112 valence electrons. The highest BCUT2D eigenvalue weighted by Gasteiger charge is 2.23. The highest BCUT2D eigenvalue weighted by molar-refractivity contribution is 7.99. The predicted octanol–water partition coefficient (Wildman–Crippen LogP) is 3.73. The van der Waals surface area contributed by atoms with E-state index in [1.165, 1.54) is 11.8 Å². The molecule has 0 spiro atoms. The molecule has 0 amide bonds. The van der Waals surface area contributed by atoms with Crippen molar-refractivity contribution in [2.45, 2.75) is 24.9 Å². The molecule has 0 aliphatic carbocycles. The molecule has 0 aliphatic heterocycles. The van der Waals surface area contributed by atoms with Crippen LogP contribution in [-0.2, 0) is 10.5 Å². The number of carboxylic acid groups (broad SMARTS) is 1. The zero-order valence-corrected chi connectivity index (χ0v) is 13.2. The fourth-order valence-electron chi connectivity index (χ4n) is 1.77. The van der Waals surface area contributed by atoms with E-state index in [1.54, 1.807) is 12.1 Å². The molecule has 5 nitrogen and oxygen atoms in total. The van der Waals surface area contributed by atoms with Crippen molar-refractivity contribution in [3.63, 3.8) is 0 Å². The zero-order valence-electron chi connectivity index (χ0n) is 11.6. The molecule has 1 N–H and O–H groups in total. The minimum atomic E-state index is -0.829. The number of aromatic nitrogens is 2. The molecule has 1 atom stereocenters. The van der Waals surface area contributed by atoms with E-state index in [9.17, 15) is 4.79 Å². The summed E-state index contributed by atoms with van der Waals surface area (Å²) in [6.07, 6.45) is 0. The third kappa shape index (κ3) is 3.98. The van der Waals surface area contributed by atoms with Crippen LogP contribution in [-0.4, -0.2) is 26.5 Å². The number of hydrogen-bond donors (Lipinski definition) is 1. The summed E-state index contributed by atoms with van der Waals surface area (Å²) in [6.45, 7) is 3.74. The van der Waals surface area contributed by atoms with Gasteiger partial charge in [-0.2, -0.15) is 4.98 Å². The number of carbonyl (C=O) groups is 1. The van der Waals surface area contributed by atoms with Crippen molar-refractivity contribution in [2.24, 2.45) is 5.92 Å². The van der Waals surface area contributed by atoms with Gasteiger partial charge in [0.1, 0.15) is 5.25 Å². The standard InChI is InChI=1S/C14H15ClN2O3S/c1-8(2)12(14(18)19)21-7-11-16-13(20-17-11)9-5-3-4-6-10(9)15/h3-6,8,12H,7H2,1-2H3,(H,18,19). The highest BCUT2D eigenvalue weighted by atomic mass is 35.5. The first-order chi connectivity index (χ1) is 9.99. The summed E-state index contributed by atoms with van der Waals surface area (Å²) in [5, 5.41) is 13.0. The molecular weight excluding hydrogens is 312 g/mol. The summed E-state index contributed by atoms with van der Waals surface area (Å²) in [7, 11) is 0. The Morgan fingerprint density at radius 3 is 2.76 bits per heavy atom. The van der Waals surface area contributed by atoms with Crippen molar-refractivity contribution in [1.29, 1.82) is 0 Å². The Kier molecular flexibility index (Phi) is 5.25. The van der Waals surface area contributed by atoms with E-state index in [1.807, 2.05) is 26.0 Å². The number of carboxylic acids is 1. The molecule has 0 aliphatic rings. The van der Waals surface area contributed by atoms with Gasteiger partial charge in [-0.3, -0.25) is 4.79 Å². The summed E-state index contributed by atoms with van der Waals surface area (Å²) < 4.78 is 5.18. The number of nitrogens with zero attached hydrogens (tertiary/aromatic N) is 2. The number of aliphatic carboxylic acids is 1. The Balaban J connectivity index is 2.07. The third-order valence-electron chi connectivity index (χ3n) is 2.81. The smallest absolute Gasteiger partial charge is 0.316 e. The number of halogens is 1. The van der Waals surface area contributed by atoms with Gasteiger partial charge in [0, 0.05) is 0 Å². The van der Waals surface area contributed by atoms with Gasteiger partial charge in [0.2, 0.25) is 0 Å². The fourth-order valence-corrected chi connectivity index (χ4v) is 2.96. The van der Waals surface area contributed by atoms with Crippen LogP contribution in [0.15, 0.2) is 28.8 Å². The van der Waals surface area contributed by atoms with Crippen LogP contribution >= 0.6 is 23.4 Å². The molecule has 0 radical (unpaired) electrons. The van der Waals surface area contributed by atoms with E-state index in [2.05, 4.69) is 10.1 Å². The first-order valence-electron chi connectivity index (χ1n) is 6.41. The molecule has 2 rings (SSSR count). The quantitative estimate of drug-likeness (QED) is 0.871. The van der Waals surface area contributed by atoms with E-state index >= 15 is 0 Å². The minimum absolute atomic E-state index is 0.0300. The Bertz CT molecular complexity index is 630. The van der Waals surface area contributed by atoms with Crippen LogP contribution in [0.2, 0.25) is 5.02 Å². The van der Waals surface area contributed by atoms with Crippen molar-refractivity contribution in [3.05, 3.63) is 35.1 Å². The monoisotopic (exact) mass is 326 g/mol. The predicted molar refractivity (Wildman–Crippen MR) is 82.3 cm³/mol. The molecule has 2 aromatic rings. The Labute approximate surface area is 131 Å². The van der Waals surface area contributed by atoms with Crippen LogP contribution < -0.4 is 0 Å². The Hall–Kier alpha value is -1.53. The average molecular weight is 327 g/mol. The van der Waals surface area contributed by atoms with E-state index in [-0.39, 0.29) is 5.92 Å². The van der Waals surface area contributed by atoms with Gasteiger partial charge in [-0.15, -0.1) is 11.8 Å². The lowest BCUT2D eigenvalue weighted by molar-refractivity contribution is -0.137. The molecule has 1 heterocycles. The van der Waals surface area contributed by atoms with Crippen LogP contribution in [0.3, 0.4) is 0 Å². The van der Waals surface area contributed by atoms with E-state index in [4.69, 9.17) is 21.2 Å². The lowest BCUT2D eigenvalue weighted by Gasteiger charge is -2.14. The SMILES string of the molecule is CC(C)C(SCc1noc(-c2ccccc2Cl)n1)C(=O)O. The van der Waals surface area contributed by atoms with E-state index in [0.29, 0.717) is 28.1 Å². The van der Waals surface area contributed by atoms with Gasteiger partial charge in [0.25, 0.3) is 5.89 Å². The third-order valence-corrected chi connectivity index (χ3v) is 4.67. The van der Waals surface area contributed by atoms with Crippen molar-refractivity contribution >= 4 is 29.3 Å². The van der Waals surface area contributed by atoms with Gasteiger partial charge in [-0.25, -0.2) is 0 Å². The molecular formula is C14H15ClN2O3S. The van der Waals surface area contributed by atoms with Gasteiger partial charge in [-0.1, -0.05) is 42.7 Å². The van der Waals surface area contributed by atoms with E-state index < -0.39 is 11.2 Å². The summed E-state index contributed by atoms with van der Waals surface area (Å²) in [5.41, 5.74) is 0.668. The molecule has 0 saturated carbocycles. The van der Waals surface area contributed by atoms with Crippen LogP contribution in [0, 0.1) is 5.92 Å². The average Bonchev–Trinajstić information content (AvgIpc) is 2.87. The van der Waals surface area contributed by atoms with Crippen LogP contribution in [0.5, 0.6) is 0 Å². The van der Waals surface area contributed by atoms with Crippen molar-refractivity contribution < 1.29 is 14.4 Å². The Morgan fingerprint density at radius 2 is 2.14 bits per heavy atom. The van der Waals surface area contributed by atoms with Gasteiger partial charge >= 0.3 is 5.97 Å². The van der Waals surface area contributed by atoms with Crippen LogP contribution in [0.4, 0.5) is 0 Å². The molecule has 1 unspecified atom stereocenters. The summed E-state index contributed by atoms with van der Waals surface area (Å²) in [6, 6.07) is 7.19. The second-order valence-electron chi connectivity index (χ2n) is 4.81. The molecule has 21 heavy (non-hydrogen) atoms. The molecule has 7 heteroatoms. The number of benzene rings is 1. The number of hydrogen-bond acceptors (Lipinski definition) is 5. The molecule has 0 saturated heterocycles. The largest absolute Gasteiger partial charge is 0.480 e. The lowest BCUT2D eigenvalue weighted by atomic mass is 10.1. The summed E-state index contributed by atoms with van der Waals surface area (Å²) in [5.74, 6) is 0.380. The topological polar surface area (TPSA) is 76.2 Å². The maximum absolute atomic E-state index is 11.1. The van der Waals surface area contributed by atoms with Crippen LogP contribution in [0.1, 0.15) is 19.7 Å². The van der Waals surface area contributed by atoms with Gasteiger partial charge in [-0.05, 0) is 18.1 Å². The first-order valence-corrected chi connectivity index (χ1v) is 7.83. The number of rotatable bonds is 6. The second-order valence-corrected chi connectivity index (χ2v) is 6.35. The normalized spacial score (nSPS) is 12.6. The molecule has 1 aromatic heterocycles. The lowest BCUT2D eigenvalue weighted by Crippen LogP contribution is -2.22. The van der Waals surface area contributed by atoms with Crippen molar-refractivity contribution in [3.8, 4) is 11.5 Å². The van der Waals surface area contributed by atoms with Crippen LogP contribution in [0.25, 0.3) is 11.5 Å². The summed E-state index contributed by atoms with van der Waals surface area (Å²) >= 11 is 7.35. The van der Waals surface area contributed by atoms with Crippen molar-refractivity contribution in [2.75, 3.05) is 0 Å². The zero-order chi connectivity index (χ0) is 15.4. The Morgan fingerprint density at radius 1 is 1.43 bits per heavy atom. The summed E-state index contributed by atoms with van der Waals surface area (Å²) in [4.78, 5) is 15.4. The van der Waals surface area contributed by atoms with Gasteiger partial charge in [0.05, 0.1) is 16.3 Å².